The standard InChI is InChI=1S/C9H16O5S/c1-2-8(9(10)11)6-4-3-5-7-15(12,13)14/h6H,2-5,7H2,1H3,(H,10,11)(H,12,13,14). The first-order valence-corrected chi connectivity index (χ1v) is 6.35. The van der Waals surface area contributed by atoms with Gasteiger partial charge in [-0.25, -0.2) is 4.79 Å². The molecule has 0 unspecified atom stereocenters. The molecular formula is C9H16O5S. The molecule has 0 bridgehead atoms. The fraction of sp³-hybridized carbons (Fsp3) is 0.667. The van der Waals surface area contributed by atoms with Crippen LogP contribution in [-0.4, -0.2) is 29.8 Å². The minimum atomic E-state index is -3.88. The molecule has 0 aromatic rings. The van der Waals surface area contributed by atoms with Gasteiger partial charge in [0.1, 0.15) is 0 Å². The van der Waals surface area contributed by atoms with Crippen LogP contribution in [0.1, 0.15) is 32.6 Å². The maximum Gasteiger partial charge on any atom is 0.331 e. The average molecular weight is 236 g/mol. The molecule has 0 fully saturated rings. The molecule has 0 aromatic heterocycles. The van der Waals surface area contributed by atoms with E-state index in [9.17, 15) is 13.2 Å². The van der Waals surface area contributed by atoms with E-state index in [1.54, 1.807) is 13.0 Å². The van der Waals surface area contributed by atoms with Crippen LogP contribution in [0.5, 0.6) is 0 Å². The molecule has 0 aliphatic heterocycles. The highest BCUT2D eigenvalue weighted by Gasteiger charge is 2.04. The SMILES string of the molecule is CCC(=CCCCCS(=O)(=O)O)C(=O)O. The number of aliphatic carboxylic acids is 1. The van der Waals surface area contributed by atoms with E-state index >= 15 is 0 Å². The molecular weight excluding hydrogens is 220 g/mol. The molecule has 0 saturated carbocycles. The number of carboxylic acid groups (broad SMARTS) is 1. The third-order valence-electron chi connectivity index (χ3n) is 1.90. The Kier molecular flexibility index (Phi) is 6.19. The molecule has 0 aromatic carbocycles. The molecule has 0 aliphatic carbocycles. The highest BCUT2D eigenvalue weighted by Crippen LogP contribution is 2.06. The van der Waals surface area contributed by atoms with Crippen molar-refractivity contribution in [3.63, 3.8) is 0 Å². The van der Waals surface area contributed by atoms with Crippen LogP contribution in [0.4, 0.5) is 0 Å². The molecule has 0 heterocycles. The van der Waals surface area contributed by atoms with E-state index in [1.165, 1.54) is 0 Å². The van der Waals surface area contributed by atoms with Gasteiger partial charge in [-0.2, -0.15) is 8.42 Å². The molecule has 0 aliphatic rings. The molecule has 0 radical (unpaired) electrons. The van der Waals surface area contributed by atoms with Gasteiger partial charge in [-0.1, -0.05) is 13.0 Å². The Balaban J connectivity index is 3.83. The Hall–Kier alpha value is -0.880. The van der Waals surface area contributed by atoms with Crippen LogP contribution in [0.2, 0.25) is 0 Å². The molecule has 0 saturated heterocycles. The van der Waals surface area contributed by atoms with Gasteiger partial charge in [-0.15, -0.1) is 0 Å². The van der Waals surface area contributed by atoms with Crippen molar-refractivity contribution in [1.29, 1.82) is 0 Å². The number of unbranched alkanes of at least 4 members (excludes halogenated alkanes) is 2. The van der Waals surface area contributed by atoms with Gasteiger partial charge in [0.25, 0.3) is 10.1 Å². The van der Waals surface area contributed by atoms with Gasteiger partial charge in [0.2, 0.25) is 0 Å². The lowest BCUT2D eigenvalue weighted by atomic mass is 10.1. The molecule has 0 amide bonds. The summed E-state index contributed by atoms with van der Waals surface area (Å²) in [7, 11) is -3.88. The molecule has 2 N–H and O–H groups in total. The van der Waals surface area contributed by atoms with Crippen LogP contribution in [0.3, 0.4) is 0 Å². The van der Waals surface area contributed by atoms with Crippen molar-refractivity contribution in [2.75, 3.05) is 5.75 Å². The molecule has 0 spiro atoms. The van der Waals surface area contributed by atoms with Gasteiger partial charge in [-0.05, 0) is 25.7 Å². The lowest BCUT2D eigenvalue weighted by Crippen LogP contribution is -2.03. The second-order valence-electron chi connectivity index (χ2n) is 3.17. The number of allylic oxidation sites excluding steroid dienone is 1. The monoisotopic (exact) mass is 236 g/mol. The largest absolute Gasteiger partial charge is 0.478 e. The number of hydrogen-bond acceptors (Lipinski definition) is 3. The zero-order valence-electron chi connectivity index (χ0n) is 8.64. The van der Waals surface area contributed by atoms with Crippen LogP contribution in [0.25, 0.3) is 0 Å². The lowest BCUT2D eigenvalue weighted by Gasteiger charge is -1.98. The Morgan fingerprint density at radius 1 is 1.33 bits per heavy atom. The second kappa shape index (κ2) is 6.58. The smallest absolute Gasteiger partial charge is 0.331 e. The zero-order valence-corrected chi connectivity index (χ0v) is 9.46. The third-order valence-corrected chi connectivity index (χ3v) is 2.71. The number of carboxylic acids is 1. The fourth-order valence-electron chi connectivity index (χ4n) is 1.09. The van der Waals surface area contributed by atoms with Crippen molar-refractivity contribution in [3.05, 3.63) is 11.6 Å². The van der Waals surface area contributed by atoms with E-state index in [0.29, 0.717) is 31.3 Å². The normalized spacial score (nSPS) is 12.8. The van der Waals surface area contributed by atoms with Crippen molar-refractivity contribution in [3.8, 4) is 0 Å². The van der Waals surface area contributed by atoms with Crippen molar-refractivity contribution in [2.45, 2.75) is 32.6 Å². The average Bonchev–Trinajstić information content (AvgIpc) is 2.08. The highest BCUT2D eigenvalue weighted by atomic mass is 32.2. The molecule has 88 valence electrons. The summed E-state index contributed by atoms with van der Waals surface area (Å²) in [4.78, 5) is 10.5. The summed E-state index contributed by atoms with van der Waals surface area (Å²) in [6, 6.07) is 0. The first-order chi connectivity index (χ1) is 6.87. The van der Waals surface area contributed by atoms with Crippen molar-refractivity contribution < 1.29 is 22.9 Å². The van der Waals surface area contributed by atoms with Gasteiger partial charge < -0.3 is 5.11 Å². The zero-order chi connectivity index (χ0) is 11.9. The minimum absolute atomic E-state index is 0.268. The highest BCUT2D eigenvalue weighted by molar-refractivity contribution is 7.85. The Morgan fingerprint density at radius 2 is 1.93 bits per heavy atom. The molecule has 0 rings (SSSR count). The summed E-state index contributed by atoms with van der Waals surface area (Å²) < 4.78 is 29.1. The fourth-order valence-corrected chi connectivity index (χ4v) is 1.66. The maximum atomic E-state index is 10.5. The van der Waals surface area contributed by atoms with E-state index in [2.05, 4.69) is 0 Å². The van der Waals surface area contributed by atoms with E-state index < -0.39 is 16.1 Å². The van der Waals surface area contributed by atoms with E-state index in [4.69, 9.17) is 9.66 Å². The first kappa shape index (κ1) is 14.1. The van der Waals surface area contributed by atoms with Crippen LogP contribution in [0, 0.1) is 0 Å². The predicted octanol–water partition coefficient (Wildman–Crippen LogP) is 1.47. The maximum absolute atomic E-state index is 10.5. The number of carbonyl (C=O) groups is 1. The summed E-state index contributed by atoms with van der Waals surface area (Å²) in [5.41, 5.74) is 0.335. The lowest BCUT2D eigenvalue weighted by molar-refractivity contribution is -0.132. The van der Waals surface area contributed by atoms with Crippen molar-refractivity contribution >= 4 is 16.1 Å². The third kappa shape index (κ3) is 8.14. The van der Waals surface area contributed by atoms with E-state index in [0.717, 1.165) is 0 Å². The predicted molar refractivity (Wildman–Crippen MR) is 56.3 cm³/mol. The van der Waals surface area contributed by atoms with Crippen molar-refractivity contribution in [1.82, 2.24) is 0 Å². The van der Waals surface area contributed by atoms with Gasteiger partial charge in [-0.3, -0.25) is 4.55 Å². The topological polar surface area (TPSA) is 91.7 Å². The Labute approximate surface area is 89.6 Å². The summed E-state index contributed by atoms with van der Waals surface area (Å²) in [5.74, 6) is -1.21. The summed E-state index contributed by atoms with van der Waals surface area (Å²) in [6.45, 7) is 1.75. The van der Waals surface area contributed by atoms with Gasteiger partial charge in [0, 0.05) is 5.57 Å². The quantitative estimate of drug-likeness (QED) is 0.396. The van der Waals surface area contributed by atoms with Gasteiger partial charge in [0.15, 0.2) is 0 Å². The van der Waals surface area contributed by atoms with Gasteiger partial charge in [0.05, 0.1) is 5.75 Å². The summed E-state index contributed by atoms with van der Waals surface area (Å²) >= 11 is 0. The van der Waals surface area contributed by atoms with Crippen LogP contribution in [0.15, 0.2) is 11.6 Å². The minimum Gasteiger partial charge on any atom is -0.478 e. The van der Waals surface area contributed by atoms with Crippen LogP contribution >= 0.6 is 0 Å². The van der Waals surface area contributed by atoms with E-state index in [-0.39, 0.29) is 5.75 Å². The molecule has 5 nitrogen and oxygen atoms in total. The molecule has 6 heteroatoms. The molecule has 0 atom stereocenters. The van der Waals surface area contributed by atoms with Gasteiger partial charge >= 0.3 is 5.97 Å². The second-order valence-corrected chi connectivity index (χ2v) is 4.74. The number of hydrogen-bond donors (Lipinski definition) is 2. The number of rotatable bonds is 7. The van der Waals surface area contributed by atoms with E-state index in [1.807, 2.05) is 0 Å². The summed E-state index contributed by atoms with van der Waals surface area (Å²) in [5, 5.41) is 8.65. The van der Waals surface area contributed by atoms with Crippen LogP contribution in [-0.2, 0) is 14.9 Å². The Bertz CT molecular complexity index is 328. The Morgan fingerprint density at radius 3 is 2.33 bits per heavy atom. The van der Waals surface area contributed by atoms with Crippen molar-refractivity contribution in [2.24, 2.45) is 0 Å². The molecule has 15 heavy (non-hydrogen) atoms. The van der Waals surface area contributed by atoms with Crippen LogP contribution < -0.4 is 0 Å². The first-order valence-electron chi connectivity index (χ1n) is 4.74. The summed E-state index contributed by atoms with van der Waals surface area (Å²) in [6.07, 6.45) is 3.45.